The van der Waals surface area contributed by atoms with Crippen molar-refractivity contribution >= 4 is 27.7 Å². The lowest BCUT2D eigenvalue weighted by atomic mass is 10.2. The van der Waals surface area contributed by atoms with E-state index in [1.807, 2.05) is 0 Å². The van der Waals surface area contributed by atoms with Crippen molar-refractivity contribution < 1.29 is 9.53 Å². The maximum absolute atomic E-state index is 11.7. The minimum absolute atomic E-state index is 0.339. The minimum atomic E-state index is -0.339. The maximum atomic E-state index is 11.7. The lowest BCUT2D eigenvalue weighted by molar-refractivity contribution is 0.0600. The third-order valence-electron chi connectivity index (χ3n) is 3.44. The molecule has 1 aromatic heterocycles. The van der Waals surface area contributed by atoms with Crippen LogP contribution in [0.25, 0.3) is 0 Å². The van der Waals surface area contributed by atoms with Gasteiger partial charge in [0.25, 0.3) is 0 Å². The second-order valence-corrected chi connectivity index (χ2v) is 6.31. The van der Waals surface area contributed by atoms with E-state index in [-0.39, 0.29) is 5.97 Å². The molecule has 1 aliphatic heterocycles. The molecular formula is C15H21BrN3O2. The van der Waals surface area contributed by atoms with E-state index in [0.717, 1.165) is 38.5 Å². The van der Waals surface area contributed by atoms with E-state index in [0.29, 0.717) is 10.2 Å². The third kappa shape index (κ3) is 4.41. The molecule has 1 radical (unpaired) electrons. The predicted octanol–water partition coefficient (Wildman–Crippen LogP) is 2.37. The molecule has 21 heavy (non-hydrogen) atoms. The largest absolute Gasteiger partial charge is 0.465 e. The number of rotatable bonds is 4. The Morgan fingerprint density at radius 1 is 1.29 bits per heavy atom. The molecule has 2 rings (SSSR count). The molecule has 5 nitrogen and oxygen atoms in total. The summed E-state index contributed by atoms with van der Waals surface area (Å²) in [5, 5.41) is 0. The molecule has 1 aliphatic rings. The lowest BCUT2D eigenvalue weighted by Crippen LogP contribution is -2.47. The highest BCUT2D eigenvalue weighted by Crippen LogP contribution is 2.21. The molecule has 0 unspecified atom stereocenters. The first-order valence-corrected chi connectivity index (χ1v) is 7.81. The highest BCUT2D eigenvalue weighted by molar-refractivity contribution is 9.10. The summed E-state index contributed by atoms with van der Waals surface area (Å²) in [4.78, 5) is 20.8. The Balaban J connectivity index is 2.06. The number of piperazine rings is 1. The van der Waals surface area contributed by atoms with Gasteiger partial charge in [-0.15, -0.1) is 0 Å². The molecule has 0 spiro atoms. The van der Waals surface area contributed by atoms with E-state index in [9.17, 15) is 4.79 Å². The molecule has 0 aromatic carbocycles. The van der Waals surface area contributed by atoms with Crippen LogP contribution in [0.4, 0.5) is 5.82 Å². The van der Waals surface area contributed by atoms with Gasteiger partial charge >= 0.3 is 5.97 Å². The van der Waals surface area contributed by atoms with Gasteiger partial charge in [-0.1, -0.05) is 13.8 Å². The van der Waals surface area contributed by atoms with Crippen molar-refractivity contribution in [1.29, 1.82) is 0 Å². The van der Waals surface area contributed by atoms with Gasteiger partial charge in [0, 0.05) is 32.7 Å². The number of pyridine rings is 1. The average Bonchev–Trinajstić information content (AvgIpc) is 2.46. The number of carbonyl (C=O) groups excluding carboxylic acids is 1. The number of methoxy groups -OCH3 is 1. The fraction of sp³-hybridized carbons (Fsp3) is 0.533. The predicted molar refractivity (Wildman–Crippen MR) is 86.5 cm³/mol. The van der Waals surface area contributed by atoms with E-state index >= 15 is 0 Å². The van der Waals surface area contributed by atoms with Gasteiger partial charge in [-0.05, 0) is 34.0 Å². The Bertz CT molecular complexity index is 500. The van der Waals surface area contributed by atoms with Gasteiger partial charge in [0.1, 0.15) is 10.4 Å². The van der Waals surface area contributed by atoms with Crippen molar-refractivity contribution in [1.82, 2.24) is 9.88 Å². The molecule has 0 saturated carbocycles. The molecule has 0 aliphatic carbocycles. The molecule has 2 heterocycles. The Hall–Kier alpha value is -1.14. The van der Waals surface area contributed by atoms with E-state index in [4.69, 9.17) is 4.74 Å². The highest BCUT2D eigenvalue weighted by Gasteiger charge is 2.20. The molecule has 115 valence electrons. The van der Waals surface area contributed by atoms with Gasteiger partial charge in [0.15, 0.2) is 0 Å². The lowest BCUT2D eigenvalue weighted by Gasteiger charge is -2.36. The number of esters is 1. The van der Waals surface area contributed by atoms with Crippen LogP contribution in [0, 0.1) is 5.92 Å². The quantitative estimate of drug-likeness (QED) is 0.613. The van der Waals surface area contributed by atoms with Gasteiger partial charge in [-0.25, -0.2) is 9.78 Å². The maximum Gasteiger partial charge on any atom is 0.338 e. The summed E-state index contributed by atoms with van der Waals surface area (Å²) in [5.74, 6) is 1.91. The topological polar surface area (TPSA) is 45.7 Å². The van der Waals surface area contributed by atoms with Crippen LogP contribution >= 0.6 is 15.9 Å². The number of ether oxygens (including phenoxy) is 1. The average molecular weight is 355 g/mol. The zero-order valence-corrected chi connectivity index (χ0v) is 14.3. The third-order valence-corrected chi connectivity index (χ3v) is 3.84. The Labute approximate surface area is 134 Å². The Kier molecular flexibility index (Phi) is 5.58. The first-order chi connectivity index (χ1) is 9.99. The van der Waals surface area contributed by atoms with Crippen LogP contribution in [-0.2, 0) is 4.74 Å². The minimum Gasteiger partial charge on any atom is -0.465 e. The molecule has 0 N–H and O–H groups in total. The van der Waals surface area contributed by atoms with Crippen LogP contribution in [0.2, 0.25) is 0 Å². The van der Waals surface area contributed by atoms with Crippen molar-refractivity contribution in [3.8, 4) is 0 Å². The van der Waals surface area contributed by atoms with E-state index in [2.05, 4.69) is 44.6 Å². The van der Waals surface area contributed by atoms with Gasteiger partial charge in [-0.2, -0.15) is 0 Å². The normalized spacial score (nSPS) is 16.3. The first-order valence-electron chi connectivity index (χ1n) is 7.02. The molecule has 1 aromatic rings. The number of hydrogen-bond donors (Lipinski definition) is 0. The van der Waals surface area contributed by atoms with Crippen LogP contribution in [-0.4, -0.2) is 55.7 Å². The van der Waals surface area contributed by atoms with Crippen molar-refractivity contribution in [2.75, 3.05) is 44.7 Å². The van der Waals surface area contributed by atoms with Crippen LogP contribution in [0.5, 0.6) is 0 Å². The van der Waals surface area contributed by atoms with Gasteiger partial charge in [0.05, 0.1) is 12.7 Å². The van der Waals surface area contributed by atoms with Crippen LogP contribution in [0.15, 0.2) is 16.7 Å². The zero-order valence-electron chi connectivity index (χ0n) is 12.7. The molecule has 0 atom stereocenters. The number of nitrogens with zero attached hydrogens (tertiary/aromatic N) is 3. The first kappa shape index (κ1) is 16.2. The summed E-state index contributed by atoms with van der Waals surface area (Å²) < 4.78 is 5.43. The highest BCUT2D eigenvalue weighted by atomic mass is 79.9. The van der Waals surface area contributed by atoms with E-state index < -0.39 is 0 Å². The monoisotopic (exact) mass is 354 g/mol. The summed E-state index contributed by atoms with van der Waals surface area (Å²) in [6.07, 6.45) is 0. The number of anilines is 1. The molecular weight excluding hydrogens is 334 g/mol. The van der Waals surface area contributed by atoms with Crippen LogP contribution in [0.1, 0.15) is 24.2 Å². The summed E-state index contributed by atoms with van der Waals surface area (Å²) in [7, 11) is 1.39. The van der Waals surface area contributed by atoms with Gasteiger partial charge in [-0.3, -0.25) is 4.90 Å². The van der Waals surface area contributed by atoms with Crippen molar-refractivity contribution in [2.45, 2.75) is 13.8 Å². The smallest absolute Gasteiger partial charge is 0.338 e. The fourth-order valence-corrected chi connectivity index (χ4v) is 2.89. The van der Waals surface area contributed by atoms with Gasteiger partial charge < -0.3 is 9.64 Å². The summed E-state index contributed by atoms with van der Waals surface area (Å²) >= 11 is 3.36. The molecule has 0 bridgehead atoms. The number of carbonyl (C=O) groups is 1. The number of halogens is 1. The summed E-state index contributed by atoms with van der Waals surface area (Å²) in [6, 6.07) is 3.48. The van der Waals surface area contributed by atoms with Crippen molar-refractivity contribution in [2.24, 2.45) is 0 Å². The molecule has 6 heteroatoms. The zero-order chi connectivity index (χ0) is 15.4. The second-order valence-electron chi connectivity index (χ2n) is 5.50. The molecule has 1 fully saturated rings. The second kappa shape index (κ2) is 7.22. The summed E-state index contributed by atoms with van der Waals surface area (Å²) in [5.41, 5.74) is 0.523. The number of hydrogen-bond acceptors (Lipinski definition) is 5. The van der Waals surface area contributed by atoms with E-state index in [1.54, 1.807) is 12.1 Å². The van der Waals surface area contributed by atoms with Gasteiger partial charge in [0.2, 0.25) is 0 Å². The fourth-order valence-electron chi connectivity index (χ4n) is 2.46. The SMILES string of the molecule is COC(=O)c1cc(Br)nc(N2CCN(C[C](C)C)CC2)c1. The van der Waals surface area contributed by atoms with Crippen LogP contribution in [0.3, 0.4) is 0 Å². The van der Waals surface area contributed by atoms with Crippen molar-refractivity contribution in [3.05, 3.63) is 28.2 Å². The van der Waals surface area contributed by atoms with Crippen molar-refractivity contribution in [3.63, 3.8) is 0 Å². The Morgan fingerprint density at radius 2 is 1.95 bits per heavy atom. The van der Waals surface area contributed by atoms with E-state index in [1.165, 1.54) is 13.0 Å². The number of aromatic nitrogens is 1. The molecule has 0 amide bonds. The summed E-state index contributed by atoms with van der Waals surface area (Å²) in [6.45, 7) is 9.21. The van der Waals surface area contributed by atoms with Crippen LogP contribution < -0.4 is 4.90 Å². The Morgan fingerprint density at radius 3 is 2.52 bits per heavy atom. The standard InChI is InChI=1S/C15H21BrN3O2/c1-11(2)10-18-4-6-19(7-5-18)14-9-12(15(20)21-3)8-13(16)17-14/h8-9H,4-7,10H2,1-3H3. The molecule has 1 saturated heterocycles.